The molecule has 4 fully saturated rings. The number of likely N-dealkylation sites (tertiary alicyclic amines) is 1. The van der Waals surface area contributed by atoms with Crippen molar-refractivity contribution in [3.63, 3.8) is 0 Å². The van der Waals surface area contributed by atoms with Crippen LogP contribution in [-0.2, 0) is 12.7 Å². The van der Waals surface area contributed by atoms with Gasteiger partial charge in [0.1, 0.15) is 0 Å². The summed E-state index contributed by atoms with van der Waals surface area (Å²) in [4.78, 5) is 18.2. The first-order valence-electron chi connectivity index (χ1n) is 14.4. The maximum Gasteiger partial charge on any atom is 0.418 e. The summed E-state index contributed by atoms with van der Waals surface area (Å²) in [7, 11) is 2.13. The largest absolute Gasteiger partial charge is 0.418 e. The standard InChI is InChI=1S/C28H41F3N6O/c1-18-9-10-35(13-18)14-19-11-23(28(29,30)31)24-16-36(27(38)37(24)15-19)22-8-4-7-21(12-22)25(20-5-3-6-20)26-33-32-17-34(26)2/h11,15-16,18,20-22,25-26,32-33H,3-10,12-14,17H2,1-2H3/t18-,21?,22?,25-,26?/m1/s1. The van der Waals surface area contributed by atoms with Crippen molar-refractivity contribution in [1.82, 2.24) is 29.6 Å². The number of nitrogens with one attached hydrogen (secondary N) is 2. The molecule has 2 aromatic heterocycles. The monoisotopic (exact) mass is 534 g/mol. The van der Waals surface area contributed by atoms with Gasteiger partial charge in [-0.2, -0.15) is 13.2 Å². The van der Waals surface area contributed by atoms with E-state index in [1.54, 1.807) is 10.8 Å². The van der Waals surface area contributed by atoms with Crippen molar-refractivity contribution >= 4 is 5.52 Å². The highest BCUT2D eigenvalue weighted by Crippen LogP contribution is 2.47. The van der Waals surface area contributed by atoms with Crippen molar-refractivity contribution in [2.75, 3.05) is 26.8 Å². The molecule has 0 radical (unpaired) electrons. The molecule has 2 saturated carbocycles. The van der Waals surface area contributed by atoms with Gasteiger partial charge >= 0.3 is 11.9 Å². The molecule has 4 heterocycles. The Morgan fingerprint density at radius 2 is 1.84 bits per heavy atom. The van der Waals surface area contributed by atoms with E-state index in [-0.39, 0.29) is 23.4 Å². The molecule has 2 N–H and O–H groups in total. The summed E-state index contributed by atoms with van der Waals surface area (Å²) in [6, 6.07) is 1.18. The normalized spacial score (nSPS) is 30.8. The minimum Gasteiger partial charge on any atom is -0.299 e. The Hall–Kier alpha value is -1.88. The number of halogens is 3. The number of hydrazine groups is 1. The van der Waals surface area contributed by atoms with Gasteiger partial charge in [-0.1, -0.05) is 32.6 Å². The van der Waals surface area contributed by atoms with Crippen LogP contribution < -0.4 is 16.5 Å². The average molecular weight is 535 g/mol. The van der Waals surface area contributed by atoms with E-state index in [4.69, 9.17) is 0 Å². The number of rotatable bonds is 6. The Bertz CT molecular complexity index is 1200. The number of hydrogen-bond acceptors (Lipinski definition) is 5. The highest BCUT2D eigenvalue weighted by Gasteiger charge is 2.44. The van der Waals surface area contributed by atoms with Gasteiger partial charge in [0, 0.05) is 31.5 Å². The first-order chi connectivity index (χ1) is 18.2. The number of alkyl halides is 3. The summed E-state index contributed by atoms with van der Waals surface area (Å²) in [5, 5.41) is 0. The first-order valence-corrected chi connectivity index (χ1v) is 14.4. The fraction of sp³-hybridized carbons (Fsp3) is 0.750. The Morgan fingerprint density at radius 3 is 2.47 bits per heavy atom. The van der Waals surface area contributed by atoms with Gasteiger partial charge in [0.2, 0.25) is 0 Å². The molecule has 0 aromatic carbocycles. The van der Waals surface area contributed by atoms with Crippen LogP contribution in [0.15, 0.2) is 23.3 Å². The molecule has 3 unspecified atom stereocenters. The zero-order valence-electron chi connectivity index (χ0n) is 22.5. The van der Waals surface area contributed by atoms with E-state index < -0.39 is 11.7 Å². The predicted molar refractivity (Wildman–Crippen MR) is 140 cm³/mol. The first kappa shape index (κ1) is 26.3. The molecule has 6 rings (SSSR count). The summed E-state index contributed by atoms with van der Waals surface area (Å²) in [5.74, 6) is 2.11. The summed E-state index contributed by atoms with van der Waals surface area (Å²) in [5.41, 5.74) is 6.22. The molecule has 0 bridgehead atoms. The topological polar surface area (TPSA) is 57.0 Å². The molecule has 5 atom stereocenters. The van der Waals surface area contributed by atoms with Crippen molar-refractivity contribution in [3.05, 3.63) is 40.1 Å². The Balaban J connectivity index is 1.31. The van der Waals surface area contributed by atoms with Crippen LogP contribution in [0.2, 0.25) is 0 Å². The molecule has 0 spiro atoms. The number of fused-ring (bicyclic) bond motifs is 1. The van der Waals surface area contributed by atoms with Gasteiger partial charge in [0.05, 0.1) is 23.9 Å². The van der Waals surface area contributed by atoms with Gasteiger partial charge in [0.15, 0.2) is 0 Å². The van der Waals surface area contributed by atoms with Crippen molar-refractivity contribution in [3.8, 4) is 0 Å². The molecule has 4 aliphatic rings. The third kappa shape index (κ3) is 4.93. The van der Waals surface area contributed by atoms with Gasteiger partial charge in [-0.05, 0) is 74.6 Å². The maximum atomic E-state index is 14.2. The van der Waals surface area contributed by atoms with Crippen LogP contribution in [0.1, 0.15) is 75.5 Å². The van der Waals surface area contributed by atoms with E-state index in [2.05, 4.69) is 34.6 Å². The molecule has 0 amide bonds. The number of imidazole rings is 1. The van der Waals surface area contributed by atoms with Crippen molar-refractivity contribution in [1.29, 1.82) is 0 Å². The fourth-order valence-electron chi connectivity index (χ4n) is 7.67. The Kier molecular flexibility index (Phi) is 7.12. The maximum absolute atomic E-state index is 14.2. The summed E-state index contributed by atoms with van der Waals surface area (Å²) >= 11 is 0. The van der Waals surface area contributed by atoms with Crippen LogP contribution in [0.3, 0.4) is 0 Å². The molecule has 2 saturated heterocycles. The van der Waals surface area contributed by atoms with E-state index in [0.717, 1.165) is 51.9 Å². The van der Waals surface area contributed by atoms with E-state index in [1.807, 2.05) is 0 Å². The SMILES string of the molecule is C[C@@H]1CCN(Cc2cc(C(F)(F)F)c3cn(C4CCCC([C@@H](C5CCC5)C5NNCN5C)C4)c(=O)n3c2)C1. The molecular formula is C28H41F3N6O. The molecule has 2 aromatic rings. The third-order valence-corrected chi connectivity index (χ3v) is 9.80. The van der Waals surface area contributed by atoms with E-state index >= 15 is 0 Å². The molecule has 210 valence electrons. The van der Waals surface area contributed by atoms with Crippen LogP contribution >= 0.6 is 0 Å². The Labute approximate surface area is 222 Å². The van der Waals surface area contributed by atoms with Crippen molar-refractivity contribution < 1.29 is 13.2 Å². The summed E-state index contributed by atoms with van der Waals surface area (Å²) in [6.45, 7) is 5.15. The lowest BCUT2D eigenvalue weighted by Crippen LogP contribution is -2.50. The molecular weight excluding hydrogens is 493 g/mol. The van der Waals surface area contributed by atoms with E-state index in [1.165, 1.54) is 35.9 Å². The minimum atomic E-state index is -4.52. The third-order valence-electron chi connectivity index (χ3n) is 9.80. The predicted octanol–water partition coefficient (Wildman–Crippen LogP) is 4.43. The number of hydrogen-bond donors (Lipinski definition) is 2. The minimum absolute atomic E-state index is 0.0277. The molecule has 7 nitrogen and oxygen atoms in total. The number of pyridine rings is 1. The zero-order valence-corrected chi connectivity index (χ0v) is 22.5. The second kappa shape index (κ2) is 10.3. The second-order valence-corrected chi connectivity index (χ2v) is 12.5. The molecule has 10 heteroatoms. The second-order valence-electron chi connectivity index (χ2n) is 12.5. The van der Waals surface area contributed by atoms with Crippen LogP contribution in [0.4, 0.5) is 13.2 Å². The fourth-order valence-corrected chi connectivity index (χ4v) is 7.67. The van der Waals surface area contributed by atoms with Crippen molar-refractivity contribution in [2.45, 2.75) is 83.2 Å². The van der Waals surface area contributed by atoms with Crippen LogP contribution in [0.5, 0.6) is 0 Å². The summed E-state index contributed by atoms with van der Waals surface area (Å²) in [6.07, 6.45) is 7.43. The van der Waals surface area contributed by atoms with Crippen LogP contribution in [0.25, 0.3) is 5.52 Å². The van der Waals surface area contributed by atoms with Gasteiger partial charge in [-0.3, -0.25) is 18.8 Å². The van der Waals surface area contributed by atoms with E-state index in [0.29, 0.717) is 35.8 Å². The lowest BCUT2D eigenvalue weighted by Gasteiger charge is -2.46. The van der Waals surface area contributed by atoms with Gasteiger partial charge < -0.3 is 0 Å². The smallest absolute Gasteiger partial charge is 0.299 e. The molecule has 38 heavy (non-hydrogen) atoms. The molecule has 2 aliphatic heterocycles. The highest BCUT2D eigenvalue weighted by atomic mass is 19.4. The Morgan fingerprint density at radius 1 is 1.08 bits per heavy atom. The number of aromatic nitrogens is 2. The van der Waals surface area contributed by atoms with E-state index in [9.17, 15) is 18.0 Å². The quantitative estimate of drug-likeness (QED) is 0.574. The lowest BCUT2D eigenvalue weighted by atomic mass is 9.65. The molecule has 2 aliphatic carbocycles. The zero-order chi connectivity index (χ0) is 26.6. The summed E-state index contributed by atoms with van der Waals surface area (Å²) < 4.78 is 45.5. The number of nitrogens with zero attached hydrogens (tertiary/aromatic N) is 4. The lowest BCUT2D eigenvalue weighted by molar-refractivity contribution is -0.136. The van der Waals surface area contributed by atoms with Crippen molar-refractivity contribution in [2.24, 2.45) is 23.7 Å². The van der Waals surface area contributed by atoms with Crippen LogP contribution in [0, 0.1) is 23.7 Å². The van der Waals surface area contributed by atoms with Crippen LogP contribution in [-0.4, -0.2) is 51.7 Å². The van der Waals surface area contributed by atoms with Gasteiger partial charge in [0.25, 0.3) is 0 Å². The average Bonchev–Trinajstić information content (AvgIpc) is 3.54. The van der Waals surface area contributed by atoms with Gasteiger partial charge in [-0.25, -0.2) is 15.6 Å². The van der Waals surface area contributed by atoms with Gasteiger partial charge in [-0.15, -0.1) is 0 Å². The highest BCUT2D eigenvalue weighted by molar-refractivity contribution is 5.56.